The monoisotopic (exact) mass is 318 g/mol. The first-order chi connectivity index (χ1) is 11.3. The molecule has 126 valence electrons. The Bertz CT molecular complexity index is 503. The molecule has 0 aromatic carbocycles. The van der Waals surface area contributed by atoms with Crippen LogP contribution in [0.5, 0.6) is 0 Å². The first kappa shape index (κ1) is 16.2. The van der Waals surface area contributed by atoms with Crippen molar-refractivity contribution in [1.82, 2.24) is 20.1 Å². The Kier molecular flexibility index (Phi) is 5.46. The summed E-state index contributed by atoms with van der Waals surface area (Å²) in [6.45, 7) is 3.65. The number of carbonyl (C=O) groups excluding carboxylic acids is 1. The Labute approximate surface area is 137 Å². The highest BCUT2D eigenvalue weighted by atomic mass is 16.3. The number of aliphatic hydroxyl groups is 1. The number of aromatic nitrogens is 1. The van der Waals surface area contributed by atoms with Crippen LogP contribution in [0.1, 0.15) is 31.4 Å². The van der Waals surface area contributed by atoms with E-state index in [9.17, 15) is 9.90 Å². The molecular weight excluding hydrogens is 292 g/mol. The van der Waals surface area contributed by atoms with Gasteiger partial charge in [0.2, 0.25) is 0 Å². The van der Waals surface area contributed by atoms with Gasteiger partial charge >= 0.3 is 6.03 Å². The lowest BCUT2D eigenvalue weighted by molar-refractivity contribution is 0.144. The van der Waals surface area contributed by atoms with Crippen molar-refractivity contribution < 1.29 is 9.90 Å². The number of carbonyl (C=O) groups is 1. The standard InChI is InChI=1S/C17H26N4O2/c22-13-16-5-3-9-21(16)17(23)19-14-6-10-20(11-7-14)12-15-4-1-2-8-18-15/h1-2,4,8,14,16,22H,3,5-7,9-13H2,(H,19,23). The molecule has 2 fully saturated rings. The lowest BCUT2D eigenvalue weighted by atomic mass is 10.0. The van der Waals surface area contributed by atoms with E-state index in [-0.39, 0.29) is 24.7 Å². The normalized spacial score (nSPS) is 23.2. The van der Waals surface area contributed by atoms with Crippen molar-refractivity contribution in [2.24, 2.45) is 0 Å². The smallest absolute Gasteiger partial charge is 0.317 e. The predicted molar refractivity (Wildman–Crippen MR) is 87.9 cm³/mol. The van der Waals surface area contributed by atoms with Crippen LogP contribution in [0.3, 0.4) is 0 Å². The summed E-state index contributed by atoms with van der Waals surface area (Å²) in [4.78, 5) is 20.9. The van der Waals surface area contributed by atoms with Gasteiger partial charge in [0.1, 0.15) is 0 Å². The summed E-state index contributed by atoms with van der Waals surface area (Å²) in [5, 5.41) is 12.5. The first-order valence-corrected chi connectivity index (χ1v) is 8.56. The van der Waals surface area contributed by atoms with Crippen LogP contribution in [0.25, 0.3) is 0 Å². The molecule has 0 spiro atoms. The molecule has 0 radical (unpaired) electrons. The average molecular weight is 318 g/mol. The van der Waals surface area contributed by atoms with Gasteiger partial charge in [-0.05, 0) is 37.8 Å². The van der Waals surface area contributed by atoms with Crippen LogP contribution in [-0.4, -0.2) is 64.2 Å². The van der Waals surface area contributed by atoms with Gasteiger partial charge in [-0.25, -0.2) is 4.79 Å². The maximum atomic E-state index is 12.3. The molecule has 1 aromatic heterocycles. The number of pyridine rings is 1. The topological polar surface area (TPSA) is 68.7 Å². The molecule has 2 saturated heterocycles. The van der Waals surface area contributed by atoms with Crippen LogP contribution in [0.15, 0.2) is 24.4 Å². The van der Waals surface area contributed by atoms with Gasteiger partial charge in [-0.15, -0.1) is 0 Å². The highest BCUT2D eigenvalue weighted by molar-refractivity contribution is 5.75. The van der Waals surface area contributed by atoms with Gasteiger partial charge in [0.05, 0.1) is 18.3 Å². The molecule has 2 aliphatic heterocycles. The molecule has 1 unspecified atom stereocenters. The van der Waals surface area contributed by atoms with E-state index in [2.05, 4.69) is 21.3 Å². The number of piperidine rings is 1. The average Bonchev–Trinajstić information content (AvgIpc) is 3.06. The van der Waals surface area contributed by atoms with E-state index >= 15 is 0 Å². The second kappa shape index (κ2) is 7.75. The molecule has 3 rings (SSSR count). The quantitative estimate of drug-likeness (QED) is 0.876. The van der Waals surface area contributed by atoms with Crippen molar-refractivity contribution in [3.05, 3.63) is 30.1 Å². The summed E-state index contributed by atoms with van der Waals surface area (Å²) in [6, 6.07) is 6.23. The fraction of sp³-hybridized carbons (Fsp3) is 0.647. The van der Waals surface area contributed by atoms with E-state index in [1.54, 1.807) is 4.90 Å². The van der Waals surface area contributed by atoms with Gasteiger partial charge in [0.25, 0.3) is 0 Å². The minimum absolute atomic E-state index is 0.000700. The number of nitrogens with zero attached hydrogens (tertiary/aromatic N) is 3. The minimum Gasteiger partial charge on any atom is -0.394 e. The summed E-state index contributed by atoms with van der Waals surface area (Å²) >= 11 is 0. The van der Waals surface area contributed by atoms with Crippen LogP contribution in [-0.2, 0) is 6.54 Å². The number of likely N-dealkylation sites (tertiary alicyclic amines) is 2. The Hall–Kier alpha value is -1.66. The van der Waals surface area contributed by atoms with E-state index in [0.29, 0.717) is 0 Å². The Morgan fingerprint density at radius 3 is 2.78 bits per heavy atom. The van der Waals surface area contributed by atoms with Gasteiger partial charge < -0.3 is 15.3 Å². The summed E-state index contributed by atoms with van der Waals surface area (Å²) in [6.07, 6.45) is 5.66. The summed E-state index contributed by atoms with van der Waals surface area (Å²) in [7, 11) is 0. The molecule has 0 aliphatic carbocycles. The highest BCUT2D eigenvalue weighted by Gasteiger charge is 2.30. The first-order valence-electron chi connectivity index (χ1n) is 8.56. The number of aliphatic hydroxyl groups excluding tert-OH is 1. The van der Waals surface area contributed by atoms with Crippen LogP contribution in [0, 0.1) is 0 Å². The zero-order chi connectivity index (χ0) is 16.1. The van der Waals surface area contributed by atoms with E-state index in [0.717, 1.165) is 57.6 Å². The Balaban J connectivity index is 1.43. The van der Waals surface area contributed by atoms with E-state index < -0.39 is 0 Å². The fourth-order valence-electron chi connectivity index (χ4n) is 3.51. The predicted octanol–water partition coefficient (Wildman–Crippen LogP) is 1.21. The third-order valence-electron chi connectivity index (χ3n) is 4.88. The summed E-state index contributed by atoms with van der Waals surface area (Å²) < 4.78 is 0. The maximum absolute atomic E-state index is 12.3. The number of nitrogens with one attached hydrogen (secondary N) is 1. The van der Waals surface area contributed by atoms with Crippen molar-refractivity contribution in [2.45, 2.75) is 44.3 Å². The van der Waals surface area contributed by atoms with Crippen LogP contribution in [0.2, 0.25) is 0 Å². The van der Waals surface area contributed by atoms with Gasteiger partial charge in [0, 0.05) is 38.4 Å². The van der Waals surface area contributed by atoms with E-state index in [1.165, 1.54) is 0 Å². The lowest BCUT2D eigenvalue weighted by Gasteiger charge is -2.33. The second-order valence-electron chi connectivity index (χ2n) is 6.49. The van der Waals surface area contributed by atoms with Crippen molar-refractivity contribution in [3.63, 3.8) is 0 Å². The van der Waals surface area contributed by atoms with Crippen molar-refractivity contribution >= 4 is 6.03 Å². The van der Waals surface area contributed by atoms with Gasteiger partial charge in [-0.1, -0.05) is 6.07 Å². The van der Waals surface area contributed by atoms with E-state index in [4.69, 9.17) is 0 Å². The molecular formula is C17H26N4O2. The SMILES string of the molecule is O=C(NC1CCN(Cc2ccccn2)CC1)N1CCCC1CO. The van der Waals surface area contributed by atoms with Crippen LogP contribution < -0.4 is 5.32 Å². The molecule has 23 heavy (non-hydrogen) atoms. The van der Waals surface area contributed by atoms with Crippen LogP contribution in [0.4, 0.5) is 4.79 Å². The van der Waals surface area contributed by atoms with Crippen molar-refractivity contribution in [3.8, 4) is 0 Å². The van der Waals surface area contributed by atoms with Gasteiger partial charge in [0.15, 0.2) is 0 Å². The van der Waals surface area contributed by atoms with Gasteiger partial charge in [-0.2, -0.15) is 0 Å². The number of amides is 2. The number of rotatable bonds is 4. The molecule has 2 aliphatic rings. The molecule has 1 aromatic rings. The molecule has 6 heteroatoms. The highest BCUT2D eigenvalue weighted by Crippen LogP contribution is 2.18. The van der Waals surface area contributed by atoms with Gasteiger partial charge in [-0.3, -0.25) is 9.88 Å². The van der Waals surface area contributed by atoms with Crippen molar-refractivity contribution in [1.29, 1.82) is 0 Å². The fourth-order valence-corrected chi connectivity index (χ4v) is 3.51. The Morgan fingerprint density at radius 1 is 1.26 bits per heavy atom. The summed E-state index contributed by atoms with van der Waals surface area (Å²) in [5.74, 6) is 0. The summed E-state index contributed by atoms with van der Waals surface area (Å²) in [5.41, 5.74) is 1.10. The number of hydrogen-bond acceptors (Lipinski definition) is 4. The third kappa shape index (κ3) is 4.20. The zero-order valence-electron chi connectivity index (χ0n) is 13.5. The lowest BCUT2D eigenvalue weighted by Crippen LogP contribution is -2.50. The molecule has 0 bridgehead atoms. The van der Waals surface area contributed by atoms with Crippen molar-refractivity contribution in [2.75, 3.05) is 26.2 Å². The number of hydrogen-bond donors (Lipinski definition) is 2. The minimum atomic E-state index is -0.00951. The molecule has 3 heterocycles. The van der Waals surface area contributed by atoms with Crippen LogP contribution >= 0.6 is 0 Å². The molecule has 2 amide bonds. The third-order valence-corrected chi connectivity index (χ3v) is 4.88. The second-order valence-corrected chi connectivity index (χ2v) is 6.49. The molecule has 0 saturated carbocycles. The number of urea groups is 1. The Morgan fingerprint density at radius 2 is 2.09 bits per heavy atom. The van der Waals surface area contributed by atoms with E-state index in [1.807, 2.05) is 18.3 Å². The molecule has 2 N–H and O–H groups in total. The maximum Gasteiger partial charge on any atom is 0.317 e. The molecule has 6 nitrogen and oxygen atoms in total. The zero-order valence-corrected chi connectivity index (χ0v) is 13.5. The molecule has 1 atom stereocenters. The largest absolute Gasteiger partial charge is 0.394 e.